The summed E-state index contributed by atoms with van der Waals surface area (Å²) >= 11 is 1.57. The number of aryl methyl sites for hydroxylation is 2. The molecule has 2 N–H and O–H groups in total. The molecule has 1 amide bonds. The molecule has 1 heterocycles. The lowest BCUT2D eigenvalue weighted by Gasteiger charge is -2.08. The largest absolute Gasteiger partial charge is 0.481 e. The standard InChI is InChI=1S/C14H18N2O3S/c17-12(8-5-6-9(7-8)13(18)19)16-14-15-10-3-1-2-4-11(10)20-14/h8-9H,1-7H2,(H,18,19)(H,15,16,17)/t8-,9+/m1/s1. The van der Waals surface area contributed by atoms with Gasteiger partial charge in [-0.15, -0.1) is 11.3 Å². The fourth-order valence-electron chi connectivity index (χ4n) is 3.06. The van der Waals surface area contributed by atoms with Crippen molar-refractivity contribution in [3.05, 3.63) is 10.6 Å². The topological polar surface area (TPSA) is 79.3 Å². The molecule has 6 heteroatoms. The van der Waals surface area contributed by atoms with E-state index in [9.17, 15) is 9.59 Å². The van der Waals surface area contributed by atoms with Crippen molar-refractivity contribution in [1.29, 1.82) is 0 Å². The fraction of sp³-hybridized carbons (Fsp3) is 0.643. The molecule has 0 radical (unpaired) electrons. The first-order valence-electron chi connectivity index (χ1n) is 7.15. The number of carboxylic acids is 1. The number of thiazole rings is 1. The monoisotopic (exact) mass is 294 g/mol. The van der Waals surface area contributed by atoms with Crippen LogP contribution in [0, 0.1) is 11.8 Å². The van der Waals surface area contributed by atoms with Crippen molar-refractivity contribution in [2.45, 2.75) is 44.9 Å². The number of hydrogen-bond acceptors (Lipinski definition) is 4. The molecule has 20 heavy (non-hydrogen) atoms. The van der Waals surface area contributed by atoms with Gasteiger partial charge in [0.2, 0.25) is 5.91 Å². The Morgan fingerprint density at radius 1 is 1.20 bits per heavy atom. The highest BCUT2D eigenvalue weighted by Crippen LogP contribution is 2.33. The van der Waals surface area contributed by atoms with E-state index in [1.54, 1.807) is 11.3 Å². The second-order valence-corrected chi connectivity index (χ2v) is 6.71. The zero-order valence-corrected chi connectivity index (χ0v) is 12.0. The van der Waals surface area contributed by atoms with Gasteiger partial charge in [-0.05, 0) is 44.9 Å². The van der Waals surface area contributed by atoms with Gasteiger partial charge in [-0.2, -0.15) is 0 Å². The first kappa shape index (κ1) is 13.5. The highest BCUT2D eigenvalue weighted by molar-refractivity contribution is 7.15. The minimum atomic E-state index is -0.787. The number of fused-ring (bicyclic) bond motifs is 1. The molecule has 0 aromatic carbocycles. The van der Waals surface area contributed by atoms with Crippen LogP contribution in [0.1, 0.15) is 42.7 Å². The lowest BCUT2D eigenvalue weighted by Crippen LogP contribution is -2.21. The van der Waals surface area contributed by atoms with Crippen molar-refractivity contribution >= 4 is 28.3 Å². The van der Waals surface area contributed by atoms with Crippen LogP contribution in [0.2, 0.25) is 0 Å². The normalized spacial score (nSPS) is 25.2. The van der Waals surface area contributed by atoms with E-state index in [2.05, 4.69) is 10.3 Å². The number of carboxylic acid groups (broad SMARTS) is 1. The van der Waals surface area contributed by atoms with Crippen LogP contribution in [0.5, 0.6) is 0 Å². The molecular weight excluding hydrogens is 276 g/mol. The summed E-state index contributed by atoms with van der Waals surface area (Å²) in [4.78, 5) is 28.9. The predicted octanol–water partition coefficient (Wildman–Crippen LogP) is 2.46. The number of rotatable bonds is 3. The van der Waals surface area contributed by atoms with Crippen LogP contribution in [0.3, 0.4) is 0 Å². The van der Waals surface area contributed by atoms with Crippen LogP contribution in [-0.4, -0.2) is 22.0 Å². The summed E-state index contributed by atoms with van der Waals surface area (Å²) in [6.07, 6.45) is 6.15. The van der Waals surface area contributed by atoms with Crippen LogP contribution in [-0.2, 0) is 22.4 Å². The highest BCUT2D eigenvalue weighted by Gasteiger charge is 2.34. The van der Waals surface area contributed by atoms with E-state index in [4.69, 9.17) is 5.11 Å². The van der Waals surface area contributed by atoms with E-state index in [1.165, 1.54) is 17.7 Å². The Hall–Kier alpha value is -1.43. The molecule has 1 aromatic heterocycles. The third kappa shape index (κ3) is 2.70. The maximum absolute atomic E-state index is 12.2. The van der Waals surface area contributed by atoms with Crippen LogP contribution in [0.15, 0.2) is 0 Å². The van der Waals surface area contributed by atoms with Gasteiger partial charge in [0, 0.05) is 10.8 Å². The smallest absolute Gasteiger partial charge is 0.306 e. The van der Waals surface area contributed by atoms with Crippen molar-refractivity contribution in [3.63, 3.8) is 0 Å². The number of nitrogens with zero attached hydrogens (tertiary/aromatic N) is 1. The van der Waals surface area contributed by atoms with Crippen molar-refractivity contribution in [3.8, 4) is 0 Å². The number of nitrogens with one attached hydrogen (secondary N) is 1. The number of amides is 1. The predicted molar refractivity (Wildman–Crippen MR) is 75.9 cm³/mol. The van der Waals surface area contributed by atoms with Crippen LogP contribution >= 0.6 is 11.3 Å². The Labute approximate surface area is 121 Å². The van der Waals surface area contributed by atoms with Gasteiger partial charge in [0.15, 0.2) is 5.13 Å². The number of carbonyl (C=O) groups is 2. The molecule has 3 rings (SSSR count). The Balaban J connectivity index is 1.62. The highest BCUT2D eigenvalue weighted by atomic mass is 32.1. The second kappa shape index (κ2) is 5.52. The first-order valence-corrected chi connectivity index (χ1v) is 7.97. The van der Waals surface area contributed by atoms with Crippen molar-refractivity contribution in [2.24, 2.45) is 11.8 Å². The maximum atomic E-state index is 12.2. The molecule has 1 aromatic rings. The first-order chi connectivity index (χ1) is 9.63. The van der Waals surface area contributed by atoms with Gasteiger partial charge in [0.25, 0.3) is 0 Å². The average molecular weight is 294 g/mol. The Bertz CT molecular complexity index is 517. The third-order valence-electron chi connectivity index (χ3n) is 4.23. The molecule has 0 saturated heterocycles. The molecule has 0 unspecified atom stereocenters. The van der Waals surface area contributed by atoms with Crippen LogP contribution < -0.4 is 5.32 Å². The number of hydrogen-bond donors (Lipinski definition) is 2. The summed E-state index contributed by atoms with van der Waals surface area (Å²) in [5.74, 6) is -1.41. The Morgan fingerprint density at radius 2 is 1.95 bits per heavy atom. The van der Waals surface area contributed by atoms with E-state index in [1.807, 2.05) is 0 Å². The Kier molecular flexibility index (Phi) is 3.74. The summed E-state index contributed by atoms with van der Waals surface area (Å²) in [7, 11) is 0. The van der Waals surface area contributed by atoms with Gasteiger partial charge in [0.05, 0.1) is 11.6 Å². The van der Waals surface area contributed by atoms with Gasteiger partial charge in [0.1, 0.15) is 0 Å². The fourth-order valence-corrected chi connectivity index (χ4v) is 4.11. The maximum Gasteiger partial charge on any atom is 0.306 e. The lowest BCUT2D eigenvalue weighted by molar-refractivity contribution is -0.141. The van der Waals surface area contributed by atoms with E-state index >= 15 is 0 Å². The summed E-state index contributed by atoms with van der Waals surface area (Å²) in [5, 5.41) is 12.5. The van der Waals surface area contributed by atoms with E-state index in [0.29, 0.717) is 24.4 Å². The summed E-state index contributed by atoms with van der Waals surface area (Å²) < 4.78 is 0. The van der Waals surface area contributed by atoms with Gasteiger partial charge < -0.3 is 10.4 Å². The molecule has 2 aliphatic rings. The molecule has 1 fully saturated rings. The van der Waals surface area contributed by atoms with E-state index in [-0.39, 0.29) is 17.7 Å². The molecule has 0 bridgehead atoms. The molecule has 1 saturated carbocycles. The molecule has 0 aliphatic heterocycles. The third-order valence-corrected chi connectivity index (χ3v) is 5.30. The van der Waals surface area contributed by atoms with Gasteiger partial charge in [-0.1, -0.05) is 0 Å². The number of aromatic nitrogens is 1. The zero-order valence-electron chi connectivity index (χ0n) is 11.2. The number of carbonyl (C=O) groups excluding carboxylic acids is 1. The van der Waals surface area contributed by atoms with E-state index < -0.39 is 5.97 Å². The average Bonchev–Trinajstić information content (AvgIpc) is 3.04. The van der Waals surface area contributed by atoms with Crippen molar-refractivity contribution in [1.82, 2.24) is 4.98 Å². The van der Waals surface area contributed by atoms with Crippen molar-refractivity contribution in [2.75, 3.05) is 5.32 Å². The van der Waals surface area contributed by atoms with E-state index in [0.717, 1.165) is 18.5 Å². The lowest BCUT2D eigenvalue weighted by atomic mass is 10.0. The molecule has 2 aliphatic carbocycles. The quantitative estimate of drug-likeness (QED) is 0.897. The molecular formula is C14H18N2O3S. The van der Waals surface area contributed by atoms with Gasteiger partial charge in [-0.3, -0.25) is 9.59 Å². The minimum absolute atomic E-state index is 0.0696. The van der Waals surface area contributed by atoms with Gasteiger partial charge in [-0.25, -0.2) is 4.98 Å². The minimum Gasteiger partial charge on any atom is -0.481 e. The zero-order chi connectivity index (χ0) is 14.1. The molecule has 0 spiro atoms. The summed E-state index contributed by atoms with van der Waals surface area (Å²) in [5.41, 5.74) is 1.13. The number of anilines is 1. The number of aliphatic carboxylic acids is 1. The Morgan fingerprint density at radius 3 is 2.65 bits per heavy atom. The molecule has 2 atom stereocenters. The van der Waals surface area contributed by atoms with Crippen molar-refractivity contribution < 1.29 is 14.7 Å². The SMILES string of the molecule is O=C(O)[C@H]1CC[C@@H](C(=O)Nc2nc3c(s2)CCCC3)C1. The second-order valence-electron chi connectivity index (χ2n) is 5.63. The van der Waals surface area contributed by atoms with Gasteiger partial charge >= 0.3 is 5.97 Å². The van der Waals surface area contributed by atoms with Crippen LogP contribution in [0.4, 0.5) is 5.13 Å². The summed E-state index contributed by atoms with van der Waals surface area (Å²) in [6, 6.07) is 0. The molecule has 5 nitrogen and oxygen atoms in total. The summed E-state index contributed by atoms with van der Waals surface area (Å²) in [6.45, 7) is 0. The molecule has 108 valence electrons. The van der Waals surface area contributed by atoms with Crippen LogP contribution in [0.25, 0.3) is 0 Å².